The van der Waals surface area contributed by atoms with Gasteiger partial charge >= 0.3 is 0 Å². The lowest BCUT2D eigenvalue weighted by molar-refractivity contribution is 0.407. The van der Waals surface area contributed by atoms with Gasteiger partial charge in [-0.05, 0) is 18.2 Å². The predicted molar refractivity (Wildman–Crippen MR) is 69.8 cm³/mol. The lowest BCUT2D eigenvalue weighted by Crippen LogP contribution is -2.08. The average Bonchev–Trinajstić information content (AvgIpc) is 2.47. The molecule has 0 saturated heterocycles. The van der Waals surface area contributed by atoms with Gasteiger partial charge in [0, 0.05) is 12.1 Å². The lowest BCUT2D eigenvalue weighted by atomic mass is 10.2. The number of nitrogens with zero attached hydrogens (tertiary/aromatic N) is 2. The van der Waals surface area contributed by atoms with Gasteiger partial charge in [-0.3, -0.25) is 0 Å². The van der Waals surface area contributed by atoms with E-state index in [-0.39, 0.29) is 0 Å². The van der Waals surface area contributed by atoms with E-state index in [0.717, 1.165) is 0 Å². The molecule has 19 heavy (non-hydrogen) atoms. The number of nitrogens with two attached hydrogens (primary N) is 1. The van der Waals surface area contributed by atoms with Crippen molar-refractivity contribution in [3.63, 3.8) is 0 Å². The van der Waals surface area contributed by atoms with Gasteiger partial charge in [-0.15, -0.1) is 0 Å². The highest BCUT2D eigenvalue weighted by atomic mass is 16.5. The van der Waals surface area contributed by atoms with Crippen molar-refractivity contribution in [3.8, 4) is 23.4 Å². The number of anilines is 1. The maximum atomic E-state index is 8.93. The summed E-state index contributed by atoms with van der Waals surface area (Å²) < 4.78 is 10.7. The highest BCUT2D eigenvalue weighted by molar-refractivity contribution is 5.45. The van der Waals surface area contributed by atoms with Gasteiger partial charge in [-0.1, -0.05) is 6.07 Å². The molecule has 0 bridgehead atoms. The highest BCUT2D eigenvalue weighted by Crippen LogP contribution is 2.26. The molecular formula is C13H12N4O2. The van der Waals surface area contributed by atoms with Crippen LogP contribution in [0.3, 0.4) is 0 Å². The Morgan fingerprint density at radius 3 is 2.74 bits per heavy atom. The van der Waals surface area contributed by atoms with Crippen LogP contribution in [0.5, 0.6) is 17.4 Å². The first-order valence-electron chi connectivity index (χ1n) is 5.46. The van der Waals surface area contributed by atoms with Gasteiger partial charge in [0.25, 0.3) is 0 Å². The standard InChI is InChI=1S/C13H12N4O2/c1-18-10-5-9(8-14)6-11(7-10)19-13-4-2-3-12(16-13)17-15/h2-7H,15H2,1H3,(H,16,17). The zero-order valence-corrected chi connectivity index (χ0v) is 10.3. The summed E-state index contributed by atoms with van der Waals surface area (Å²) in [6, 6.07) is 12.1. The van der Waals surface area contributed by atoms with E-state index in [1.54, 1.807) is 36.4 Å². The Hall–Kier alpha value is -2.78. The zero-order chi connectivity index (χ0) is 13.7. The summed E-state index contributed by atoms with van der Waals surface area (Å²) in [5, 5.41) is 8.93. The Balaban J connectivity index is 2.29. The van der Waals surface area contributed by atoms with E-state index in [1.165, 1.54) is 7.11 Å². The SMILES string of the molecule is COc1cc(C#N)cc(Oc2cccc(NN)n2)c1. The first kappa shape index (κ1) is 12.7. The fraction of sp³-hybridized carbons (Fsp3) is 0.0769. The Kier molecular flexibility index (Phi) is 3.81. The van der Waals surface area contributed by atoms with Gasteiger partial charge in [0.05, 0.1) is 18.7 Å². The van der Waals surface area contributed by atoms with Crippen molar-refractivity contribution in [2.75, 3.05) is 12.5 Å². The fourth-order valence-corrected chi connectivity index (χ4v) is 1.49. The van der Waals surface area contributed by atoms with E-state index in [2.05, 4.69) is 10.4 Å². The van der Waals surface area contributed by atoms with E-state index in [4.69, 9.17) is 20.6 Å². The number of aromatic nitrogens is 1. The number of hydrogen-bond acceptors (Lipinski definition) is 6. The lowest BCUT2D eigenvalue weighted by Gasteiger charge is -2.08. The molecule has 0 aliphatic rings. The molecule has 1 aromatic heterocycles. The smallest absolute Gasteiger partial charge is 0.221 e. The molecule has 2 rings (SSSR count). The van der Waals surface area contributed by atoms with Crippen molar-refractivity contribution in [2.45, 2.75) is 0 Å². The summed E-state index contributed by atoms with van der Waals surface area (Å²) in [7, 11) is 1.53. The van der Waals surface area contributed by atoms with Crippen LogP contribution in [-0.4, -0.2) is 12.1 Å². The second kappa shape index (κ2) is 5.71. The Bertz CT molecular complexity index is 622. The van der Waals surface area contributed by atoms with Crippen molar-refractivity contribution in [2.24, 2.45) is 5.84 Å². The molecule has 0 aliphatic heterocycles. The molecule has 2 aromatic rings. The topological polar surface area (TPSA) is 93.2 Å². The van der Waals surface area contributed by atoms with Crippen LogP contribution < -0.4 is 20.7 Å². The van der Waals surface area contributed by atoms with Crippen LogP contribution in [0.4, 0.5) is 5.82 Å². The summed E-state index contributed by atoms with van der Waals surface area (Å²) in [4.78, 5) is 4.12. The largest absolute Gasteiger partial charge is 0.497 e. The summed E-state index contributed by atoms with van der Waals surface area (Å²) in [6.45, 7) is 0. The molecular weight excluding hydrogens is 244 g/mol. The number of nitriles is 1. The number of rotatable bonds is 4. The molecule has 1 aromatic carbocycles. The molecule has 1 heterocycles. The number of hydrazine groups is 1. The Labute approximate surface area is 110 Å². The molecule has 3 N–H and O–H groups in total. The maximum Gasteiger partial charge on any atom is 0.221 e. The number of ether oxygens (including phenoxy) is 2. The monoisotopic (exact) mass is 256 g/mol. The van der Waals surface area contributed by atoms with Gasteiger partial charge in [-0.2, -0.15) is 10.2 Å². The van der Waals surface area contributed by atoms with Gasteiger partial charge in [-0.25, -0.2) is 5.84 Å². The van der Waals surface area contributed by atoms with Gasteiger partial charge < -0.3 is 14.9 Å². The Morgan fingerprint density at radius 2 is 2.05 bits per heavy atom. The molecule has 0 aliphatic carbocycles. The van der Waals surface area contributed by atoms with E-state index >= 15 is 0 Å². The van der Waals surface area contributed by atoms with Gasteiger partial charge in [0.1, 0.15) is 17.3 Å². The minimum atomic E-state index is 0.368. The van der Waals surface area contributed by atoms with Crippen molar-refractivity contribution >= 4 is 5.82 Å². The third kappa shape index (κ3) is 3.12. The van der Waals surface area contributed by atoms with Crippen LogP contribution in [0, 0.1) is 11.3 Å². The molecule has 0 unspecified atom stereocenters. The fourth-order valence-electron chi connectivity index (χ4n) is 1.49. The second-order valence-electron chi connectivity index (χ2n) is 3.62. The van der Waals surface area contributed by atoms with Crippen molar-refractivity contribution in [1.29, 1.82) is 5.26 Å². The molecule has 0 fully saturated rings. The normalized spacial score (nSPS) is 9.53. The van der Waals surface area contributed by atoms with Gasteiger partial charge in [0.15, 0.2) is 0 Å². The second-order valence-corrected chi connectivity index (χ2v) is 3.62. The maximum absolute atomic E-state index is 8.93. The number of hydrogen-bond donors (Lipinski definition) is 2. The predicted octanol–water partition coefficient (Wildman–Crippen LogP) is 2.04. The number of nitrogens with one attached hydrogen (secondary N) is 1. The quantitative estimate of drug-likeness (QED) is 0.642. The minimum absolute atomic E-state index is 0.368. The molecule has 0 spiro atoms. The first-order chi connectivity index (χ1) is 9.25. The molecule has 0 amide bonds. The number of benzene rings is 1. The number of pyridine rings is 1. The van der Waals surface area contributed by atoms with E-state index in [9.17, 15) is 0 Å². The van der Waals surface area contributed by atoms with Crippen LogP contribution >= 0.6 is 0 Å². The van der Waals surface area contributed by atoms with Crippen LogP contribution in [0.1, 0.15) is 5.56 Å². The Morgan fingerprint density at radius 1 is 1.26 bits per heavy atom. The zero-order valence-electron chi connectivity index (χ0n) is 10.3. The number of methoxy groups -OCH3 is 1. The summed E-state index contributed by atoms with van der Waals surface area (Å²) >= 11 is 0. The molecule has 0 radical (unpaired) electrons. The minimum Gasteiger partial charge on any atom is -0.497 e. The summed E-state index contributed by atoms with van der Waals surface area (Å²) in [5.74, 6) is 7.14. The molecule has 0 saturated carbocycles. The third-order valence-corrected chi connectivity index (χ3v) is 2.34. The van der Waals surface area contributed by atoms with Crippen LogP contribution in [0.15, 0.2) is 36.4 Å². The van der Waals surface area contributed by atoms with Crippen LogP contribution in [0.2, 0.25) is 0 Å². The van der Waals surface area contributed by atoms with Crippen molar-refractivity contribution in [1.82, 2.24) is 4.98 Å². The van der Waals surface area contributed by atoms with Crippen LogP contribution in [0.25, 0.3) is 0 Å². The van der Waals surface area contributed by atoms with E-state index < -0.39 is 0 Å². The first-order valence-corrected chi connectivity index (χ1v) is 5.46. The van der Waals surface area contributed by atoms with Crippen LogP contribution in [-0.2, 0) is 0 Å². The summed E-state index contributed by atoms with van der Waals surface area (Å²) in [5.41, 5.74) is 2.88. The molecule has 96 valence electrons. The van der Waals surface area contributed by atoms with Crippen molar-refractivity contribution in [3.05, 3.63) is 42.0 Å². The third-order valence-electron chi connectivity index (χ3n) is 2.34. The number of nitrogen functional groups attached to an aromatic ring is 1. The van der Waals surface area contributed by atoms with E-state index in [1.807, 2.05) is 6.07 Å². The summed E-state index contributed by atoms with van der Waals surface area (Å²) in [6.07, 6.45) is 0. The average molecular weight is 256 g/mol. The van der Waals surface area contributed by atoms with Gasteiger partial charge in [0.2, 0.25) is 5.88 Å². The van der Waals surface area contributed by atoms with E-state index in [0.29, 0.717) is 28.8 Å². The molecule has 0 atom stereocenters. The van der Waals surface area contributed by atoms with Crippen molar-refractivity contribution < 1.29 is 9.47 Å². The highest BCUT2D eigenvalue weighted by Gasteiger charge is 2.05. The molecule has 6 nitrogen and oxygen atoms in total. The molecule has 6 heteroatoms.